The third-order valence-corrected chi connectivity index (χ3v) is 5.44. The molecule has 1 unspecified atom stereocenters. The Balaban J connectivity index is 0.000000576. The van der Waals surface area contributed by atoms with Gasteiger partial charge in [-0.15, -0.1) is 6.58 Å². The van der Waals surface area contributed by atoms with Crippen molar-refractivity contribution in [2.24, 2.45) is 5.92 Å². The number of ether oxygens (including phenoxy) is 1. The van der Waals surface area contributed by atoms with Crippen molar-refractivity contribution in [3.8, 4) is 0 Å². The van der Waals surface area contributed by atoms with Crippen LogP contribution in [-0.2, 0) is 9.53 Å². The monoisotopic (exact) mass is 396 g/mol. The van der Waals surface area contributed by atoms with E-state index in [0.717, 1.165) is 31.6 Å². The van der Waals surface area contributed by atoms with Gasteiger partial charge in [0, 0.05) is 6.42 Å². The molecule has 3 heteroatoms. The zero-order valence-corrected chi connectivity index (χ0v) is 19.1. The predicted molar refractivity (Wildman–Crippen MR) is 120 cm³/mol. The van der Waals surface area contributed by atoms with E-state index in [4.69, 9.17) is 4.74 Å². The largest absolute Gasteiger partial charge is 0.466 e. The first-order chi connectivity index (χ1) is 13.4. The van der Waals surface area contributed by atoms with E-state index in [2.05, 4.69) is 20.4 Å². The van der Waals surface area contributed by atoms with Crippen LogP contribution in [0.5, 0.6) is 0 Å². The van der Waals surface area contributed by atoms with Crippen molar-refractivity contribution in [3.63, 3.8) is 0 Å². The van der Waals surface area contributed by atoms with Crippen LogP contribution in [0, 0.1) is 5.92 Å². The van der Waals surface area contributed by atoms with Gasteiger partial charge in [-0.25, -0.2) is 0 Å². The molecule has 0 aliphatic carbocycles. The number of hydrogen-bond acceptors (Lipinski definition) is 3. The van der Waals surface area contributed by atoms with E-state index in [9.17, 15) is 9.90 Å². The fraction of sp³-hybridized carbons (Fsp3) is 0.880. The lowest BCUT2D eigenvalue weighted by molar-refractivity contribution is -0.143. The highest BCUT2D eigenvalue weighted by Gasteiger charge is 2.14. The molecule has 1 rings (SSSR count). The first kappa shape index (κ1) is 27.2. The molecule has 0 aromatic heterocycles. The molecule has 0 amide bonds. The molecule has 166 valence electrons. The van der Waals surface area contributed by atoms with Gasteiger partial charge in [-0.1, -0.05) is 97.0 Å². The number of carbonyl (C=O) groups excluding carboxylic acids is 1. The molecular weight excluding hydrogens is 348 g/mol. The summed E-state index contributed by atoms with van der Waals surface area (Å²) in [6.45, 7) is 10.4. The van der Waals surface area contributed by atoms with Crippen molar-refractivity contribution in [2.45, 2.75) is 129 Å². The van der Waals surface area contributed by atoms with Crippen molar-refractivity contribution in [3.05, 3.63) is 12.7 Å². The van der Waals surface area contributed by atoms with Gasteiger partial charge in [0.2, 0.25) is 0 Å². The van der Waals surface area contributed by atoms with Crippen molar-refractivity contribution in [2.75, 3.05) is 6.61 Å². The molecule has 0 aromatic rings. The van der Waals surface area contributed by atoms with Crippen LogP contribution < -0.4 is 0 Å². The average molecular weight is 397 g/mol. The maximum Gasteiger partial charge on any atom is 0.305 e. The third-order valence-electron chi connectivity index (χ3n) is 5.44. The van der Waals surface area contributed by atoms with Crippen LogP contribution in [0.15, 0.2) is 12.7 Å². The van der Waals surface area contributed by atoms with Gasteiger partial charge in [-0.3, -0.25) is 4.79 Å². The van der Waals surface area contributed by atoms with Crippen molar-refractivity contribution in [1.29, 1.82) is 0 Å². The summed E-state index contributed by atoms with van der Waals surface area (Å²) < 4.78 is 5.20. The number of esters is 1. The summed E-state index contributed by atoms with van der Waals surface area (Å²) in [6, 6.07) is 0. The molecule has 1 saturated heterocycles. The van der Waals surface area contributed by atoms with Crippen LogP contribution >= 0.6 is 0 Å². The van der Waals surface area contributed by atoms with Crippen LogP contribution in [0.25, 0.3) is 0 Å². The Hall–Kier alpha value is -0.830. The molecule has 28 heavy (non-hydrogen) atoms. The molecule has 0 radical (unpaired) electrons. The molecule has 0 saturated carbocycles. The van der Waals surface area contributed by atoms with Gasteiger partial charge in [-0.05, 0) is 32.1 Å². The topological polar surface area (TPSA) is 46.5 Å². The highest BCUT2D eigenvalue weighted by molar-refractivity contribution is 5.69. The molecule has 1 N–H and O–H groups in total. The summed E-state index contributed by atoms with van der Waals surface area (Å²) in [5, 5.41) is 9.52. The third kappa shape index (κ3) is 19.9. The Morgan fingerprint density at radius 1 is 0.964 bits per heavy atom. The summed E-state index contributed by atoms with van der Waals surface area (Å²) in [6.07, 6.45) is 20.7. The van der Waals surface area contributed by atoms with Crippen molar-refractivity contribution < 1.29 is 14.6 Å². The summed E-state index contributed by atoms with van der Waals surface area (Å²) in [5.41, 5.74) is -0.658. The SMILES string of the molecule is C=CC(C)(O)CCCC(C)C.O=C1CCCCCCCCCCCCCCO1. The molecule has 1 aliphatic rings. The number of rotatable bonds is 5. The molecule has 0 bridgehead atoms. The van der Waals surface area contributed by atoms with Crippen molar-refractivity contribution >= 4 is 5.97 Å². The maximum atomic E-state index is 11.4. The first-order valence-corrected chi connectivity index (χ1v) is 11.9. The highest BCUT2D eigenvalue weighted by atomic mass is 16.5. The lowest BCUT2D eigenvalue weighted by atomic mass is 9.96. The van der Waals surface area contributed by atoms with Crippen LogP contribution in [0.3, 0.4) is 0 Å². The number of cyclic esters (lactones) is 1. The van der Waals surface area contributed by atoms with Crippen LogP contribution in [0.1, 0.15) is 124 Å². The average Bonchev–Trinajstić information content (AvgIpc) is 2.64. The second-order valence-electron chi connectivity index (χ2n) is 9.06. The van der Waals surface area contributed by atoms with Gasteiger partial charge in [0.05, 0.1) is 12.2 Å². The second kappa shape index (κ2) is 18.2. The van der Waals surface area contributed by atoms with Crippen LogP contribution in [-0.4, -0.2) is 23.3 Å². The molecule has 0 spiro atoms. The lowest BCUT2D eigenvalue weighted by Gasteiger charge is -2.18. The van der Waals surface area contributed by atoms with E-state index in [-0.39, 0.29) is 5.97 Å². The second-order valence-corrected chi connectivity index (χ2v) is 9.06. The lowest BCUT2D eigenvalue weighted by Crippen LogP contribution is -2.19. The molecule has 0 aromatic carbocycles. The minimum Gasteiger partial charge on any atom is -0.466 e. The zero-order valence-electron chi connectivity index (χ0n) is 19.1. The Bertz CT molecular complexity index is 356. The Kier molecular flexibility index (Phi) is 17.7. The summed E-state index contributed by atoms with van der Waals surface area (Å²) in [7, 11) is 0. The van der Waals surface area contributed by atoms with Gasteiger partial charge in [0.25, 0.3) is 0 Å². The Morgan fingerprint density at radius 3 is 1.89 bits per heavy atom. The summed E-state index contributed by atoms with van der Waals surface area (Å²) in [5.74, 6) is 0.743. The van der Waals surface area contributed by atoms with Crippen molar-refractivity contribution in [1.82, 2.24) is 0 Å². The van der Waals surface area contributed by atoms with E-state index in [1.807, 2.05) is 0 Å². The van der Waals surface area contributed by atoms with E-state index < -0.39 is 5.60 Å². The van der Waals surface area contributed by atoms with Gasteiger partial charge >= 0.3 is 5.97 Å². The molecule has 1 heterocycles. The van der Waals surface area contributed by atoms with E-state index in [1.54, 1.807) is 13.0 Å². The Labute approximate surface area is 175 Å². The predicted octanol–water partition coefficient (Wildman–Crippen LogP) is 7.36. The molecular formula is C25H48O3. The minimum atomic E-state index is -0.658. The summed E-state index contributed by atoms with van der Waals surface area (Å²) in [4.78, 5) is 11.4. The van der Waals surface area contributed by atoms with Gasteiger partial charge in [-0.2, -0.15) is 0 Å². The smallest absolute Gasteiger partial charge is 0.305 e. The standard InChI is InChI=1S/C15H28O2.C10H20O/c16-15-13-11-9-7-5-3-1-2-4-6-8-10-12-14-17-15;1-5-10(4,11)8-6-7-9(2)3/h1-14H2;5,9,11H,1,6-8H2,2-4H3. The van der Waals surface area contributed by atoms with E-state index >= 15 is 0 Å². The van der Waals surface area contributed by atoms with Crippen LogP contribution in [0.2, 0.25) is 0 Å². The summed E-state index contributed by atoms with van der Waals surface area (Å²) >= 11 is 0. The van der Waals surface area contributed by atoms with Gasteiger partial charge < -0.3 is 9.84 Å². The number of aliphatic hydroxyl groups is 1. The fourth-order valence-corrected chi connectivity index (χ4v) is 3.37. The molecule has 3 nitrogen and oxygen atoms in total. The molecule has 1 atom stereocenters. The van der Waals surface area contributed by atoms with Gasteiger partial charge in [0.15, 0.2) is 0 Å². The quantitative estimate of drug-likeness (QED) is 0.390. The number of carbonyl (C=O) groups is 1. The normalized spacial score (nSPS) is 20.4. The van der Waals surface area contributed by atoms with Gasteiger partial charge in [0.1, 0.15) is 0 Å². The number of hydrogen-bond donors (Lipinski definition) is 1. The first-order valence-electron chi connectivity index (χ1n) is 11.9. The minimum absolute atomic E-state index is 0.0112. The Morgan fingerprint density at radius 2 is 1.43 bits per heavy atom. The highest BCUT2D eigenvalue weighted by Crippen LogP contribution is 2.17. The van der Waals surface area contributed by atoms with E-state index in [0.29, 0.717) is 13.0 Å². The maximum absolute atomic E-state index is 11.4. The van der Waals surface area contributed by atoms with Crippen LogP contribution in [0.4, 0.5) is 0 Å². The fourth-order valence-electron chi connectivity index (χ4n) is 3.37. The molecule has 1 fully saturated rings. The zero-order chi connectivity index (χ0) is 21.1. The van der Waals surface area contributed by atoms with E-state index in [1.165, 1.54) is 70.6 Å². The molecule has 1 aliphatic heterocycles.